The molecule has 0 aromatic heterocycles. The third-order valence-corrected chi connectivity index (χ3v) is 3.80. The standard InChI is InChI=1S/C5H8S2.C2H4O2.Sn.2H/c1-4-3-6-7-5(4)2;1-2(3)4;;;/h3,5H,1-2H3;1H3,(H,3,4);;;. The maximum atomic E-state index is 9.00. The summed E-state index contributed by atoms with van der Waals surface area (Å²) in [6.45, 7) is 5.49. The van der Waals surface area contributed by atoms with Gasteiger partial charge in [0.25, 0.3) is 5.97 Å². The average molecular weight is 313 g/mol. The van der Waals surface area contributed by atoms with E-state index in [-0.39, 0.29) is 23.9 Å². The molecule has 1 unspecified atom stereocenters. The van der Waals surface area contributed by atoms with Crippen molar-refractivity contribution in [3.63, 3.8) is 0 Å². The normalized spacial score (nSPS) is 19.9. The van der Waals surface area contributed by atoms with Crippen molar-refractivity contribution in [2.24, 2.45) is 0 Å². The van der Waals surface area contributed by atoms with Crippen LogP contribution < -0.4 is 0 Å². The van der Waals surface area contributed by atoms with E-state index in [0.29, 0.717) is 0 Å². The van der Waals surface area contributed by atoms with E-state index in [4.69, 9.17) is 9.90 Å². The van der Waals surface area contributed by atoms with Crippen molar-refractivity contribution in [1.29, 1.82) is 0 Å². The van der Waals surface area contributed by atoms with Crippen molar-refractivity contribution in [2.75, 3.05) is 0 Å². The van der Waals surface area contributed by atoms with Crippen LogP contribution in [0.1, 0.15) is 20.8 Å². The van der Waals surface area contributed by atoms with Crippen molar-refractivity contribution in [3.8, 4) is 0 Å². The SMILES string of the molecule is CC(=O)O.CC1=CSSC1C.[SnH2]. The molecule has 1 N–H and O–H groups in total. The fraction of sp³-hybridized carbons (Fsp3) is 0.571. The van der Waals surface area contributed by atoms with Crippen LogP contribution in [0.25, 0.3) is 0 Å². The third-order valence-electron chi connectivity index (χ3n) is 1.08. The molecule has 0 aromatic carbocycles. The molecule has 0 saturated carbocycles. The van der Waals surface area contributed by atoms with Gasteiger partial charge in [-0.3, -0.25) is 4.79 Å². The van der Waals surface area contributed by atoms with E-state index in [0.717, 1.165) is 12.2 Å². The molecule has 1 rings (SSSR count). The summed E-state index contributed by atoms with van der Waals surface area (Å²) in [6, 6.07) is 0. The molecule has 0 amide bonds. The molecular formula is C7H14O2S2Sn. The molecule has 0 aliphatic carbocycles. The first kappa shape index (κ1) is 15.2. The van der Waals surface area contributed by atoms with Crippen LogP contribution in [0.15, 0.2) is 11.0 Å². The van der Waals surface area contributed by atoms with Gasteiger partial charge >= 0.3 is 23.9 Å². The topological polar surface area (TPSA) is 37.3 Å². The molecule has 0 aromatic rings. The summed E-state index contributed by atoms with van der Waals surface area (Å²) in [5.74, 6) is -0.833. The van der Waals surface area contributed by atoms with Crippen LogP contribution in [0.5, 0.6) is 0 Å². The summed E-state index contributed by atoms with van der Waals surface area (Å²) in [5, 5.41) is 10.4. The van der Waals surface area contributed by atoms with Crippen LogP contribution in [0.4, 0.5) is 0 Å². The van der Waals surface area contributed by atoms with E-state index in [9.17, 15) is 0 Å². The Morgan fingerprint density at radius 3 is 2.17 bits per heavy atom. The Morgan fingerprint density at radius 2 is 2.08 bits per heavy atom. The van der Waals surface area contributed by atoms with E-state index in [2.05, 4.69) is 19.3 Å². The Kier molecular flexibility index (Phi) is 10.5. The molecule has 1 aliphatic rings. The van der Waals surface area contributed by atoms with Crippen LogP contribution in [0.2, 0.25) is 0 Å². The van der Waals surface area contributed by atoms with Gasteiger partial charge in [0.1, 0.15) is 0 Å². The Bertz CT molecular complexity index is 167. The van der Waals surface area contributed by atoms with E-state index in [1.165, 1.54) is 5.57 Å². The molecule has 0 fully saturated rings. The van der Waals surface area contributed by atoms with Gasteiger partial charge in [-0.25, -0.2) is 0 Å². The van der Waals surface area contributed by atoms with Gasteiger partial charge < -0.3 is 5.11 Å². The summed E-state index contributed by atoms with van der Waals surface area (Å²) in [6.07, 6.45) is 0. The van der Waals surface area contributed by atoms with Crippen LogP contribution in [0.3, 0.4) is 0 Å². The maximum absolute atomic E-state index is 9.00. The Hall–Kier alpha value is 0.709. The van der Waals surface area contributed by atoms with Gasteiger partial charge in [0, 0.05) is 12.2 Å². The van der Waals surface area contributed by atoms with E-state index in [1.54, 1.807) is 0 Å². The molecule has 2 radical (unpaired) electrons. The van der Waals surface area contributed by atoms with Crippen molar-refractivity contribution in [3.05, 3.63) is 11.0 Å². The minimum absolute atomic E-state index is 0. The molecular weight excluding hydrogens is 299 g/mol. The second-order valence-electron chi connectivity index (χ2n) is 2.22. The summed E-state index contributed by atoms with van der Waals surface area (Å²) in [4.78, 5) is 9.00. The van der Waals surface area contributed by atoms with Crippen molar-refractivity contribution in [2.45, 2.75) is 26.0 Å². The molecule has 1 heterocycles. The number of hydrogen-bond donors (Lipinski definition) is 1. The molecule has 0 saturated heterocycles. The first-order valence-corrected chi connectivity index (χ1v) is 5.50. The molecule has 2 nitrogen and oxygen atoms in total. The molecule has 70 valence electrons. The number of carbonyl (C=O) groups is 1. The Labute approximate surface area is 97.9 Å². The summed E-state index contributed by atoms with van der Waals surface area (Å²) >= 11 is 0. The third kappa shape index (κ3) is 8.80. The summed E-state index contributed by atoms with van der Waals surface area (Å²) in [7, 11) is 3.77. The predicted molar refractivity (Wildman–Crippen MR) is 60.3 cm³/mol. The average Bonchev–Trinajstić information content (AvgIpc) is 2.15. The zero-order valence-corrected chi connectivity index (χ0v) is 13.2. The monoisotopic (exact) mass is 314 g/mol. The van der Waals surface area contributed by atoms with Gasteiger partial charge in [-0.15, -0.1) is 0 Å². The molecule has 1 aliphatic heterocycles. The van der Waals surface area contributed by atoms with Crippen molar-refractivity contribution >= 4 is 51.5 Å². The van der Waals surface area contributed by atoms with Crippen LogP contribution in [-0.2, 0) is 4.79 Å². The second-order valence-corrected chi connectivity index (χ2v) is 4.70. The van der Waals surface area contributed by atoms with Crippen molar-refractivity contribution < 1.29 is 9.90 Å². The summed E-state index contributed by atoms with van der Waals surface area (Å²) in [5.41, 5.74) is 1.51. The van der Waals surface area contributed by atoms with Crippen LogP contribution >= 0.6 is 21.6 Å². The fourth-order valence-electron chi connectivity index (χ4n) is 0.359. The van der Waals surface area contributed by atoms with E-state index in [1.807, 2.05) is 21.6 Å². The molecule has 1 atom stereocenters. The van der Waals surface area contributed by atoms with E-state index >= 15 is 0 Å². The predicted octanol–water partition coefficient (Wildman–Crippen LogP) is 1.85. The zero-order valence-electron chi connectivity index (χ0n) is 7.53. The quantitative estimate of drug-likeness (QED) is 0.547. The molecule has 0 bridgehead atoms. The zero-order chi connectivity index (χ0) is 8.85. The van der Waals surface area contributed by atoms with Gasteiger partial charge in [0.2, 0.25) is 0 Å². The van der Waals surface area contributed by atoms with Gasteiger partial charge in [-0.2, -0.15) is 0 Å². The second kappa shape index (κ2) is 8.31. The fourth-order valence-corrected chi connectivity index (χ4v) is 2.82. The summed E-state index contributed by atoms with van der Waals surface area (Å²) < 4.78 is 0. The van der Waals surface area contributed by atoms with Gasteiger partial charge in [0.05, 0.1) is 0 Å². The van der Waals surface area contributed by atoms with Crippen LogP contribution in [0, 0.1) is 0 Å². The van der Waals surface area contributed by atoms with E-state index < -0.39 is 5.97 Å². The number of rotatable bonds is 0. The van der Waals surface area contributed by atoms with Gasteiger partial charge in [0.15, 0.2) is 0 Å². The Morgan fingerprint density at radius 1 is 1.67 bits per heavy atom. The first-order chi connectivity index (χ1) is 5.04. The molecule has 12 heavy (non-hydrogen) atoms. The number of hydrogen-bond acceptors (Lipinski definition) is 3. The van der Waals surface area contributed by atoms with Gasteiger partial charge in [-0.05, 0) is 19.3 Å². The molecule has 0 spiro atoms. The molecule has 5 heteroatoms. The number of carboxylic acid groups (broad SMARTS) is 1. The Balaban J connectivity index is 0. The van der Waals surface area contributed by atoms with Crippen molar-refractivity contribution in [1.82, 2.24) is 0 Å². The number of aliphatic carboxylic acids is 1. The number of carboxylic acids is 1. The first-order valence-electron chi connectivity index (χ1n) is 3.22. The van der Waals surface area contributed by atoms with Crippen LogP contribution in [-0.4, -0.2) is 40.2 Å². The minimum atomic E-state index is -0.833. The van der Waals surface area contributed by atoms with Gasteiger partial charge in [-0.1, -0.05) is 27.2 Å².